The molecule has 0 saturated carbocycles. The van der Waals surface area contributed by atoms with Gasteiger partial charge in [0.25, 0.3) is 0 Å². The van der Waals surface area contributed by atoms with Crippen LogP contribution in [0.25, 0.3) is 33.7 Å². The summed E-state index contributed by atoms with van der Waals surface area (Å²) < 4.78 is 5.92. The summed E-state index contributed by atoms with van der Waals surface area (Å²) in [7, 11) is 0. The first-order valence-corrected chi connectivity index (χ1v) is 7.68. The van der Waals surface area contributed by atoms with Gasteiger partial charge in [-0.15, -0.1) is 0 Å². The Hall–Kier alpha value is -3.40. The van der Waals surface area contributed by atoms with E-state index in [1.807, 2.05) is 66.7 Å². The minimum atomic E-state index is 0.530. The highest BCUT2D eigenvalue weighted by molar-refractivity contribution is 6.26. The van der Waals surface area contributed by atoms with Gasteiger partial charge in [0.2, 0.25) is 5.89 Å². The van der Waals surface area contributed by atoms with Crippen LogP contribution in [0.5, 0.6) is 0 Å². The summed E-state index contributed by atoms with van der Waals surface area (Å²) in [5, 5.41) is 13.2. The van der Waals surface area contributed by atoms with Gasteiger partial charge in [0.15, 0.2) is 5.58 Å². The summed E-state index contributed by atoms with van der Waals surface area (Å²) in [5.74, 6) is 0.530. The van der Waals surface area contributed by atoms with Crippen LogP contribution >= 0.6 is 0 Å². The quantitative estimate of drug-likeness (QED) is 0.360. The lowest BCUT2D eigenvalue weighted by Crippen LogP contribution is -2.00. The Balaban J connectivity index is 1.82. The van der Waals surface area contributed by atoms with E-state index in [1.165, 1.54) is 0 Å². The van der Waals surface area contributed by atoms with Crippen LogP contribution in [0.1, 0.15) is 11.1 Å². The summed E-state index contributed by atoms with van der Waals surface area (Å²) in [6, 6.07) is 21.5. The van der Waals surface area contributed by atoms with Crippen LogP contribution in [0, 0.1) is 0 Å². The molecule has 1 heterocycles. The van der Waals surface area contributed by atoms with E-state index < -0.39 is 0 Å². The topological polar surface area (TPSA) is 58.6 Å². The number of hydrogen-bond donors (Lipinski definition) is 1. The number of hydrogen-bond acceptors (Lipinski definition) is 4. The lowest BCUT2D eigenvalue weighted by Gasteiger charge is -2.05. The average molecular weight is 312 g/mol. The second kappa shape index (κ2) is 4.80. The standard InChI is InChI=1S/C20H12N2O2/c23-22-19-14-7-2-1-6-12(14)13-8-5-9-15(18(13)19)20-21-16-10-3-4-11-17(16)24-20/h1-11,23H. The fourth-order valence-electron chi connectivity index (χ4n) is 3.36. The number of aromatic nitrogens is 1. The minimum Gasteiger partial charge on any atom is -0.436 e. The predicted octanol–water partition coefficient (Wildman–Crippen LogP) is 4.70. The number of para-hydroxylation sites is 2. The Kier molecular flexibility index (Phi) is 2.61. The number of nitrogens with zero attached hydrogens (tertiary/aromatic N) is 2. The maximum Gasteiger partial charge on any atom is 0.228 e. The van der Waals surface area contributed by atoms with Gasteiger partial charge < -0.3 is 9.62 Å². The molecule has 1 aromatic heterocycles. The molecule has 5 rings (SSSR count). The number of oxazole rings is 1. The molecule has 4 heteroatoms. The van der Waals surface area contributed by atoms with E-state index in [0.717, 1.165) is 38.9 Å². The molecule has 0 bridgehead atoms. The van der Waals surface area contributed by atoms with Crippen LogP contribution in [0.4, 0.5) is 0 Å². The number of fused-ring (bicyclic) bond motifs is 4. The summed E-state index contributed by atoms with van der Waals surface area (Å²) >= 11 is 0. The van der Waals surface area contributed by atoms with Crippen molar-refractivity contribution in [1.82, 2.24) is 4.98 Å². The van der Waals surface area contributed by atoms with Crippen molar-refractivity contribution in [3.05, 3.63) is 77.9 Å². The lowest BCUT2D eigenvalue weighted by molar-refractivity contribution is 0.320. The second-order valence-electron chi connectivity index (χ2n) is 5.71. The third-order valence-electron chi connectivity index (χ3n) is 4.40. The van der Waals surface area contributed by atoms with E-state index in [9.17, 15) is 5.21 Å². The van der Waals surface area contributed by atoms with Crippen molar-refractivity contribution >= 4 is 16.8 Å². The number of benzene rings is 3. The molecule has 3 aromatic carbocycles. The first-order valence-electron chi connectivity index (χ1n) is 7.68. The fraction of sp³-hybridized carbons (Fsp3) is 0. The Bertz CT molecular complexity index is 1090. The van der Waals surface area contributed by atoms with Gasteiger partial charge in [-0.3, -0.25) is 0 Å². The fourth-order valence-corrected chi connectivity index (χ4v) is 3.36. The summed E-state index contributed by atoms with van der Waals surface area (Å²) in [4.78, 5) is 4.59. The Morgan fingerprint density at radius 2 is 1.46 bits per heavy atom. The molecule has 0 amide bonds. The van der Waals surface area contributed by atoms with Crippen molar-refractivity contribution in [2.24, 2.45) is 5.16 Å². The van der Waals surface area contributed by atoms with Crippen LogP contribution in [0.15, 0.2) is 76.3 Å². The van der Waals surface area contributed by atoms with Crippen LogP contribution in [-0.2, 0) is 0 Å². The molecule has 0 atom stereocenters. The van der Waals surface area contributed by atoms with Crippen molar-refractivity contribution < 1.29 is 9.62 Å². The highest BCUT2D eigenvalue weighted by atomic mass is 16.4. The van der Waals surface area contributed by atoms with Crippen molar-refractivity contribution in [2.75, 3.05) is 0 Å². The third kappa shape index (κ3) is 1.68. The third-order valence-corrected chi connectivity index (χ3v) is 4.40. The minimum absolute atomic E-state index is 0.530. The monoisotopic (exact) mass is 312 g/mol. The van der Waals surface area contributed by atoms with Crippen molar-refractivity contribution in [3.63, 3.8) is 0 Å². The van der Waals surface area contributed by atoms with Crippen LogP contribution in [-0.4, -0.2) is 15.9 Å². The molecular weight excluding hydrogens is 300 g/mol. The molecule has 0 fully saturated rings. The number of rotatable bonds is 1. The molecule has 1 N–H and O–H groups in total. The van der Waals surface area contributed by atoms with E-state index >= 15 is 0 Å². The Labute approximate surface area is 137 Å². The zero-order valence-electron chi connectivity index (χ0n) is 12.6. The van der Waals surface area contributed by atoms with E-state index in [2.05, 4.69) is 10.1 Å². The summed E-state index contributed by atoms with van der Waals surface area (Å²) in [5.41, 5.74) is 6.78. The van der Waals surface area contributed by atoms with E-state index in [4.69, 9.17) is 4.42 Å². The average Bonchev–Trinajstić information content (AvgIpc) is 3.20. The van der Waals surface area contributed by atoms with Crippen LogP contribution in [0.3, 0.4) is 0 Å². The summed E-state index contributed by atoms with van der Waals surface area (Å²) in [6.45, 7) is 0. The van der Waals surface area contributed by atoms with Crippen LogP contribution in [0.2, 0.25) is 0 Å². The molecule has 24 heavy (non-hydrogen) atoms. The maximum absolute atomic E-state index is 9.61. The van der Waals surface area contributed by atoms with Gasteiger partial charge in [-0.05, 0) is 29.3 Å². The molecule has 4 aromatic rings. The van der Waals surface area contributed by atoms with Gasteiger partial charge in [-0.25, -0.2) is 4.98 Å². The SMILES string of the molecule is ON=C1c2ccccc2-c2cccc(-c3nc4ccccc4o3)c21. The highest BCUT2D eigenvalue weighted by Gasteiger charge is 2.29. The van der Waals surface area contributed by atoms with E-state index in [1.54, 1.807) is 0 Å². The molecule has 0 aliphatic heterocycles. The first-order chi connectivity index (χ1) is 11.9. The van der Waals surface area contributed by atoms with Gasteiger partial charge in [0.05, 0.1) is 0 Å². The molecule has 0 radical (unpaired) electrons. The lowest BCUT2D eigenvalue weighted by atomic mass is 10.0. The molecule has 0 saturated heterocycles. The smallest absolute Gasteiger partial charge is 0.228 e. The Morgan fingerprint density at radius 1 is 0.750 bits per heavy atom. The van der Waals surface area contributed by atoms with Crippen molar-refractivity contribution in [1.29, 1.82) is 0 Å². The zero-order chi connectivity index (χ0) is 16.1. The number of oxime groups is 1. The molecule has 0 unspecified atom stereocenters. The summed E-state index contributed by atoms with van der Waals surface area (Å²) in [6.07, 6.45) is 0. The largest absolute Gasteiger partial charge is 0.436 e. The van der Waals surface area contributed by atoms with Gasteiger partial charge in [-0.1, -0.05) is 53.7 Å². The maximum atomic E-state index is 9.61. The van der Waals surface area contributed by atoms with E-state index in [-0.39, 0.29) is 0 Å². The zero-order valence-corrected chi connectivity index (χ0v) is 12.6. The van der Waals surface area contributed by atoms with Gasteiger partial charge in [0, 0.05) is 16.7 Å². The molecule has 4 nitrogen and oxygen atoms in total. The Morgan fingerprint density at radius 3 is 2.29 bits per heavy atom. The molecular formula is C20H12N2O2. The van der Waals surface area contributed by atoms with Crippen molar-refractivity contribution in [3.8, 4) is 22.6 Å². The van der Waals surface area contributed by atoms with Crippen LogP contribution < -0.4 is 0 Å². The normalized spacial score (nSPS) is 14.1. The van der Waals surface area contributed by atoms with E-state index in [0.29, 0.717) is 11.6 Å². The first kappa shape index (κ1) is 13.1. The van der Waals surface area contributed by atoms with Crippen molar-refractivity contribution in [2.45, 2.75) is 0 Å². The predicted molar refractivity (Wildman–Crippen MR) is 92.3 cm³/mol. The molecule has 1 aliphatic rings. The molecule has 114 valence electrons. The van der Waals surface area contributed by atoms with Gasteiger partial charge in [0.1, 0.15) is 11.2 Å². The highest BCUT2D eigenvalue weighted by Crippen LogP contribution is 2.42. The van der Waals surface area contributed by atoms with Gasteiger partial charge >= 0.3 is 0 Å². The second-order valence-corrected chi connectivity index (χ2v) is 5.71. The van der Waals surface area contributed by atoms with Gasteiger partial charge in [-0.2, -0.15) is 0 Å². The molecule has 1 aliphatic carbocycles. The molecule has 0 spiro atoms.